The Labute approximate surface area is 371 Å². The lowest BCUT2D eigenvalue weighted by atomic mass is 9.83. The average molecular weight is 855 g/mol. The molecule has 64 heavy (non-hydrogen) atoms. The van der Waals surface area contributed by atoms with E-state index in [0.29, 0.717) is 70.9 Å². The van der Waals surface area contributed by atoms with Crippen molar-refractivity contribution < 1.29 is 39.0 Å². The van der Waals surface area contributed by atoms with Crippen molar-refractivity contribution in [2.24, 2.45) is 0 Å². The van der Waals surface area contributed by atoms with Gasteiger partial charge in [-0.15, -0.1) is 0 Å². The third kappa shape index (κ3) is 7.69. The van der Waals surface area contributed by atoms with Crippen molar-refractivity contribution in [2.75, 3.05) is 28.4 Å². The van der Waals surface area contributed by atoms with Gasteiger partial charge in [-0.2, -0.15) is 0 Å². The number of benzene rings is 8. The Morgan fingerprint density at radius 1 is 0.422 bits per heavy atom. The predicted octanol–water partition coefficient (Wildman–Crippen LogP) is 11.0. The van der Waals surface area contributed by atoms with Crippen molar-refractivity contribution in [2.45, 2.75) is 49.6 Å². The maximum Gasteiger partial charge on any atom is 0.258 e. The van der Waals surface area contributed by atoms with Crippen LogP contribution in [0.1, 0.15) is 59.8 Å². The molecular weight excluding hydrogens is 805 g/mol. The molecule has 1 saturated carbocycles. The van der Waals surface area contributed by atoms with Crippen LogP contribution in [0.4, 0.5) is 0 Å². The van der Waals surface area contributed by atoms with Gasteiger partial charge in [0.15, 0.2) is 0 Å². The number of ether oxygens (including phenoxy) is 4. The number of methoxy groups -OCH3 is 4. The number of fused-ring (bicyclic) bond motifs is 4. The minimum absolute atomic E-state index is 0.316. The second kappa shape index (κ2) is 17.9. The van der Waals surface area contributed by atoms with E-state index in [1.165, 1.54) is 0 Å². The van der Waals surface area contributed by atoms with Gasteiger partial charge in [-0.05, 0) is 104 Å². The van der Waals surface area contributed by atoms with Crippen LogP contribution in [0.3, 0.4) is 0 Å². The lowest BCUT2D eigenvalue weighted by Gasteiger charge is -2.41. The average Bonchev–Trinajstić information content (AvgIpc) is 3.34. The smallest absolute Gasteiger partial charge is 0.258 e. The molecule has 0 radical (unpaired) electrons. The molecule has 2 amide bonds. The molecule has 8 aromatic carbocycles. The number of amides is 2. The summed E-state index contributed by atoms with van der Waals surface area (Å²) in [5.74, 6) is -1.75. The molecule has 2 N–H and O–H groups in total. The van der Waals surface area contributed by atoms with Gasteiger partial charge in [-0.25, -0.2) is 10.1 Å². The number of nitrogens with zero attached hydrogens (tertiary/aromatic N) is 2. The first kappa shape index (κ1) is 42.2. The van der Waals surface area contributed by atoms with Gasteiger partial charge in [-0.1, -0.05) is 110 Å². The Hall–Kier alpha value is -7.14. The van der Waals surface area contributed by atoms with Gasteiger partial charge in [0.2, 0.25) is 0 Å². The van der Waals surface area contributed by atoms with Gasteiger partial charge in [-0.3, -0.25) is 20.0 Å². The first-order valence-corrected chi connectivity index (χ1v) is 21.5. The Morgan fingerprint density at radius 2 is 0.641 bits per heavy atom. The van der Waals surface area contributed by atoms with Crippen LogP contribution in [0.25, 0.3) is 43.1 Å². The van der Waals surface area contributed by atoms with E-state index < -0.39 is 35.7 Å². The van der Waals surface area contributed by atoms with Gasteiger partial charge in [0.05, 0.1) is 52.4 Å². The van der Waals surface area contributed by atoms with Crippen molar-refractivity contribution in [3.63, 3.8) is 0 Å². The molecule has 0 heterocycles. The molecule has 1 aliphatic carbocycles. The van der Waals surface area contributed by atoms with Crippen LogP contribution in [-0.4, -0.2) is 72.9 Å². The third-order valence-corrected chi connectivity index (χ3v) is 12.9. The highest BCUT2D eigenvalue weighted by Gasteiger charge is 2.44. The molecule has 10 nitrogen and oxygen atoms in total. The van der Waals surface area contributed by atoms with E-state index >= 15 is 9.59 Å². The lowest BCUT2D eigenvalue weighted by molar-refractivity contribution is -0.214. The second-order valence-corrected chi connectivity index (χ2v) is 16.4. The van der Waals surface area contributed by atoms with Crippen LogP contribution in [0.5, 0.6) is 23.0 Å². The fourth-order valence-corrected chi connectivity index (χ4v) is 9.68. The number of hydrogen-bond donors (Lipinski definition) is 2. The third-order valence-electron chi connectivity index (χ3n) is 12.9. The van der Waals surface area contributed by atoms with E-state index in [2.05, 4.69) is 0 Å². The fourth-order valence-electron chi connectivity index (χ4n) is 9.68. The van der Waals surface area contributed by atoms with Crippen LogP contribution >= 0.6 is 0 Å². The van der Waals surface area contributed by atoms with E-state index in [-0.39, 0.29) is 0 Å². The van der Waals surface area contributed by atoms with Gasteiger partial charge in [0.1, 0.15) is 23.0 Å². The van der Waals surface area contributed by atoms with E-state index in [9.17, 15) is 10.4 Å². The molecule has 1 fully saturated rings. The molecule has 0 bridgehead atoms. The summed E-state index contributed by atoms with van der Waals surface area (Å²) in [6.07, 6.45) is 1.93. The highest BCUT2D eigenvalue weighted by atomic mass is 16.5. The summed E-state index contributed by atoms with van der Waals surface area (Å²) in [6.45, 7) is 0. The molecule has 324 valence electrons. The molecule has 10 heteroatoms. The maximum atomic E-state index is 15.4. The van der Waals surface area contributed by atoms with Crippen LogP contribution in [0, 0.1) is 0 Å². The number of carbonyl (C=O) groups excluding carboxylic acids is 2. The lowest BCUT2D eigenvalue weighted by Crippen LogP contribution is -2.56. The number of rotatable bonds is 12. The molecule has 0 aliphatic heterocycles. The highest BCUT2D eigenvalue weighted by molar-refractivity contribution is 5.96. The summed E-state index contributed by atoms with van der Waals surface area (Å²) < 4.78 is 23.9. The minimum atomic E-state index is -1.12. The predicted molar refractivity (Wildman–Crippen MR) is 249 cm³/mol. The van der Waals surface area contributed by atoms with Crippen molar-refractivity contribution in [1.29, 1.82) is 0 Å². The molecule has 0 aromatic heterocycles. The summed E-state index contributed by atoms with van der Waals surface area (Å²) in [6, 6.07) is 44.4. The molecule has 0 spiro atoms. The van der Waals surface area contributed by atoms with Crippen molar-refractivity contribution in [3.8, 4) is 23.0 Å². The molecule has 0 unspecified atom stereocenters. The molecule has 0 saturated heterocycles. The Bertz CT molecular complexity index is 2660. The van der Waals surface area contributed by atoms with Crippen molar-refractivity contribution >= 4 is 54.9 Å². The summed E-state index contributed by atoms with van der Waals surface area (Å²) in [5, 5.41) is 33.6. The van der Waals surface area contributed by atoms with Crippen LogP contribution in [0.2, 0.25) is 0 Å². The standard InChI is InChI=1S/C54H50N2O8/c1-61-47-29-37-19-9-5-15-33(37)25-41(47)51(42-26-34-16-6-10-20-38(34)30-48(42)62-2)53(57)55(59)45-23-13-14-24-46(45)56(60)54(58)52(43-27-35-17-7-11-21-39(35)31-49(43)63-3)44-28-36-18-8-12-22-40(36)32-50(44)64-4/h5-12,15-22,25-32,45-46,51-52,59-60H,13-14,23-24H2,1-4H3/t45-,46-/m1/s1. The van der Waals surface area contributed by atoms with Gasteiger partial charge in [0, 0.05) is 22.3 Å². The normalized spacial score (nSPS) is 15.2. The molecule has 1 aliphatic rings. The summed E-state index contributed by atoms with van der Waals surface area (Å²) >= 11 is 0. The molecule has 2 atom stereocenters. The Morgan fingerprint density at radius 3 is 0.859 bits per heavy atom. The first-order chi connectivity index (χ1) is 31.2. The Balaban J connectivity index is 1.16. The van der Waals surface area contributed by atoms with Crippen molar-refractivity contribution in [3.05, 3.63) is 168 Å². The monoisotopic (exact) mass is 854 g/mol. The zero-order valence-electron chi connectivity index (χ0n) is 36.2. The number of carbonyl (C=O) groups is 2. The zero-order valence-corrected chi connectivity index (χ0v) is 36.2. The van der Waals surface area contributed by atoms with Gasteiger partial charge < -0.3 is 18.9 Å². The second-order valence-electron chi connectivity index (χ2n) is 16.4. The van der Waals surface area contributed by atoms with Gasteiger partial charge in [0.25, 0.3) is 11.8 Å². The SMILES string of the molecule is COc1cc2ccccc2cc1C(C(=O)N(O)[C@@H]1CCCC[C@H]1N(O)C(=O)C(c1cc2ccccc2cc1OC)c1cc2ccccc2cc1OC)c1cc2ccccc2cc1OC. The van der Waals surface area contributed by atoms with Crippen LogP contribution in [0.15, 0.2) is 146 Å². The van der Waals surface area contributed by atoms with Crippen LogP contribution in [-0.2, 0) is 9.59 Å². The van der Waals surface area contributed by atoms with E-state index in [1.807, 2.05) is 146 Å². The number of hydrogen-bond acceptors (Lipinski definition) is 8. The summed E-state index contributed by atoms with van der Waals surface area (Å²) in [5.41, 5.74) is 2.09. The minimum Gasteiger partial charge on any atom is -0.496 e. The largest absolute Gasteiger partial charge is 0.496 e. The zero-order chi connectivity index (χ0) is 44.5. The summed E-state index contributed by atoms with van der Waals surface area (Å²) in [7, 11) is 6.23. The molecular formula is C54H50N2O8. The maximum absolute atomic E-state index is 15.4. The highest BCUT2D eigenvalue weighted by Crippen LogP contribution is 2.45. The summed E-state index contributed by atoms with van der Waals surface area (Å²) in [4.78, 5) is 30.9. The van der Waals surface area contributed by atoms with E-state index in [0.717, 1.165) is 53.2 Å². The molecule has 9 rings (SSSR count). The fraction of sp³-hybridized carbons (Fsp3) is 0.222. The van der Waals surface area contributed by atoms with Gasteiger partial charge >= 0.3 is 0 Å². The number of hydroxylamine groups is 4. The first-order valence-electron chi connectivity index (χ1n) is 21.5. The van der Waals surface area contributed by atoms with E-state index in [1.54, 1.807) is 28.4 Å². The Kier molecular flexibility index (Phi) is 11.8. The van der Waals surface area contributed by atoms with E-state index in [4.69, 9.17) is 18.9 Å². The molecule has 8 aromatic rings. The van der Waals surface area contributed by atoms with Crippen molar-refractivity contribution in [1.82, 2.24) is 10.1 Å². The quantitative estimate of drug-likeness (QED) is 0.0921. The van der Waals surface area contributed by atoms with Crippen LogP contribution < -0.4 is 18.9 Å². The topological polar surface area (TPSA) is 118 Å².